The molecule has 0 bridgehead atoms. The summed E-state index contributed by atoms with van der Waals surface area (Å²) in [7, 11) is -4.84. The number of hydrogen-bond donors (Lipinski definition) is 2. The Morgan fingerprint density at radius 2 is 2.13 bits per heavy atom. The summed E-state index contributed by atoms with van der Waals surface area (Å²) in [6, 6.07) is 0. The average molecular weight is 342 g/mol. The van der Waals surface area contributed by atoms with Crippen LogP contribution < -0.4 is 10.6 Å². The molecule has 0 aromatic carbocycles. The summed E-state index contributed by atoms with van der Waals surface area (Å²) < 4.78 is 35.0. The van der Waals surface area contributed by atoms with Crippen LogP contribution in [-0.2, 0) is 21.6 Å². The first-order chi connectivity index (χ1) is 10.8. The van der Waals surface area contributed by atoms with Crippen LogP contribution in [0.15, 0.2) is 6.20 Å². The number of hydrogen-bond acceptors (Lipinski definition) is 9. The van der Waals surface area contributed by atoms with E-state index in [0.29, 0.717) is 0 Å². The van der Waals surface area contributed by atoms with Gasteiger partial charge in [-0.25, -0.2) is 9.97 Å². The van der Waals surface area contributed by atoms with Gasteiger partial charge in [-0.15, -0.1) is 3.89 Å². The van der Waals surface area contributed by atoms with E-state index >= 15 is 0 Å². The Balaban J connectivity index is 2.02. The fraction of sp³-hybridized carbons (Fsp3) is 0.364. The summed E-state index contributed by atoms with van der Waals surface area (Å²) in [5.74, 6) is -0.890. The van der Waals surface area contributed by atoms with Gasteiger partial charge >= 0.3 is 10.2 Å². The number of halogens is 1. The molecule has 0 aliphatic carbocycles. The molecule has 1 atom stereocenters. The number of fused-ring (bicyclic) bond motifs is 1. The Bertz CT molecular complexity index is 905. The van der Waals surface area contributed by atoms with Gasteiger partial charge in [0.15, 0.2) is 17.0 Å². The molecule has 3 rings (SSSR count). The van der Waals surface area contributed by atoms with E-state index in [9.17, 15) is 17.1 Å². The lowest BCUT2D eigenvalue weighted by Crippen LogP contribution is -2.29. The second-order valence-corrected chi connectivity index (χ2v) is 6.52. The molecular formula is C11H11FN6O4S. The second-order valence-electron chi connectivity index (χ2n) is 4.91. The minimum Gasteiger partial charge on any atom is -0.390 e. The first kappa shape index (κ1) is 15.4. The predicted molar refractivity (Wildman–Crippen MR) is 76.2 cm³/mol. The fourth-order valence-corrected chi connectivity index (χ4v) is 2.88. The third-order valence-electron chi connectivity index (χ3n) is 3.36. The molecule has 23 heavy (non-hydrogen) atoms. The summed E-state index contributed by atoms with van der Waals surface area (Å²) in [5, 5.41) is 7.57. The zero-order valence-corrected chi connectivity index (χ0v) is 12.4. The molecule has 2 aromatic heterocycles. The predicted octanol–water partition coefficient (Wildman–Crippen LogP) is -1.10. The van der Waals surface area contributed by atoms with Gasteiger partial charge in [0.1, 0.15) is 5.25 Å². The molecule has 12 heteroatoms. The van der Waals surface area contributed by atoms with Gasteiger partial charge in [0, 0.05) is 13.0 Å². The topological polar surface area (TPSA) is 152 Å². The van der Waals surface area contributed by atoms with Crippen molar-refractivity contribution in [3.8, 4) is 0 Å². The van der Waals surface area contributed by atoms with Gasteiger partial charge in [-0.1, -0.05) is 0 Å². The minimum atomic E-state index is -4.84. The van der Waals surface area contributed by atoms with Crippen molar-refractivity contribution in [2.75, 3.05) is 17.2 Å². The maximum absolute atomic E-state index is 13.1. The van der Waals surface area contributed by atoms with Gasteiger partial charge in [-0.05, 0) is 0 Å². The highest BCUT2D eigenvalue weighted by Gasteiger charge is 2.40. The minimum absolute atomic E-state index is 0.0732. The Morgan fingerprint density at radius 1 is 1.39 bits per heavy atom. The largest absolute Gasteiger partial charge is 0.390 e. The third kappa shape index (κ3) is 2.77. The smallest absolute Gasteiger partial charge is 0.307 e. The van der Waals surface area contributed by atoms with Crippen molar-refractivity contribution in [3.05, 3.63) is 11.9 Å². The number of carbonyl (C=O) groups is 1. The lowest BCUT2D eigenvalue weighted by Gasteiger charge is -2.14. The van der Waals surface area contributed by atoms with Crippen LogP contribution in [0.4, 0.5) is 15.7 Å². The molecule has 2 aromatic rings. The molecule has 1 aliphatic rings. The van der Waals surface area contributed by atoms with Gasteiger partial charge < -0.3 is 10.8 Å². The fourth-order valence-electron chi connectivity index (χ4n) is 2.21. The van der Waals surface area contributed by atoms with Crippen molar-refractivity contribution < 1.29 is 22.2 Å². The standard InChI is InChI=1S/C11H11FN6O4S/c12-23(21,22)6-1-7(20)18(3-6)11-16-9(13)8-10(17-11)14-2-5(4-19)15-8/h2,6,19H,1,3-4H2,(H2,13,14,16,17). The van der Waals surface area contributed by atoms with Crippen molar-refractivity contribution >= 4 is 39.1 Å². The number of nitrogen functional groups attached to an aromatic ring is 1. The Morgan fingerprint density at radius 3 is 2.74 bits per heavy atom. The molecule has 0 saturated carbocycles. The van der Waals surface area contributed by atoms with Crippen LogP contribution in [0.5, 0.6) is 0 Å². The quantitative estimate of drug-likeness (QED) is 0.662. The number of aromatic nitrogens is 4. The zero-order chi connectivity index (χ0) is 16.8. The number of anilines is 2. The summed E-state index contributed by atoms with van der Waals surface area (Å²) in [6.45, 7) is -0.741. The summed E-state index contributed by atoms with van der Waals surface area (Å²) in [5.41, 5.74) is 6.23. The molecule has 0 spiro atoms. The van der Waals surface area contributed by atoms with Crippen molar-refractivity contribution in [1.82, 2.24) is 19.9 Å². The molecule has 3 N–H and O–H groups in total. The van der Waals surface area contributed by atoms with E-state index in [1.807, 2.05) is 0 Å². The summed E-state index contributed by atoms with van der Waals surface area (Å²) in [4.78, 5) is 28.7. The molecule has 122 valence electrons. The number of carbonyl (C=O) groups excluding carboxylic acids is 1. The highest BCUT2D eigenvalue weighted by Crippen LogP contribution is 2.25. The maximum Gasteiger partial charge on any atom is 0.307 e. The molecule has 3 heterocycles. The number of aliphatic hydroxyl groups excluding tert-OH is 1. The van der Waals surface area contributed by atoms with E-state index < -0.39 is 34.3 Å². The Hall–Kier alpha value is -2.47. The Kier molecular flexibility index (Phi) is 3.56. The SMILES string of the molecule is Nc1nc(N2CC(S(=O)(=O)F)CC2=O)nc2ncc(CO)nc12. The normalized spacial score (nSPS) is 18.8. The van der Waals surface area contributed by atoms with E-state index in [4.69, 9.17) is 10.8 Å². The van der Waals surface area contributed by atoms with E-state index in [1.54, 1.807) is 0 Å². The van der Waals surface area contributed by atoms with Crippen LogP contribution in [0, 0.1) is 0 Å². The van der Waals surface area contributed by atoms with E-state index in [-0.39, 0.29) is 35.2 Å². The van der Waals surface area contributed by atoms with Gasteiger partial charge in [0.2, 0.25) is 11.9 Å². The van der Waals surface area contributed by atoms with Crippen LogP contribution in [-0.4, -0.2) is 51.2 Å². The molecule has 10 nitrogen and oxygen atoms in total. The van der Waals surface area contributed by atoms with Crippen LogP contribution >= 0.6 is 0 Å². The molecule has 0 radical (unpaired) electrons. The zero-order valence-electron chi connectivity index (χ0n) is 11.5. The number of nitrogens with two attached hydrogens (primary N) is 1. The lowest BCUT2D eigenvalue weighted by molar-refractivity contribution is -0.117. The van der Waals surface area contributed by atoms with Crippen LogP contribution in [0.3, 0.4) is 0 Å². The molecule has 1 saturated heterocycles. The van der Waals surface area contributed by atoms with E-state index in [0.717, 1.165) is 4.90 Å². The number of nitrogens with zero attached hydrogens (tertiary/aromatic N) is 5. The van der Waals surface area contributed by atoms with E-state index in [1.165, 1.54) is 6.20 Å². The van der Waals surface area contributed by atoms with Crippen LogP contribution in [0.2, 0.25) is 0 Å². The van der Waals surface area contributed by atoms with Gasteiger partial charge in [0.25, 0.3) is 0 Å². The highest BCUT2D eigenvalue weighted by atomic mass is 32.3. The van der Waals surface area contributed by atoms with Crippen molar-refractivity contribution in [3.63, 3.8) is 0 Å². The van der Waals surface area contributed by atoms with E-state index in [2.05, 4.69) is 19.9 Å². The highest BCUT2D eigenvalue weighted by molar-refractivity contribution is 7.87. The first-order valence-corrected chi connectivity index (χ1v) is 7.88. The van der Waals surface area contributed by atoms with Crippen LogP contribution in [0.25, 0.3) is 11.2 Å². The molecule has 1 aliphatic heterocycles. The van der Waals surface area contributed by atoms with Gasteiger partial charge in [-0.2, -0.15) is 18.4 Å². The molecular weight excluding hydrogens is 331 g/mol. The second kappa shape index (κ2) is 5.31. The maximum atomic E-state index is 13.1. The van der Waals surface area contributed by atoms with Crippen LogP contribution in [0.1, 0.15) is 12.1 Å². The summed E-state index contributed by atoms with van der Waals surface area (Å²) in [6.07, 6.45) is 0.786. The number of aliphatic hydroxyl groups is 1. The summed E-state index contributed by atoms with van der Waals surface area (Å²) >= 11 is 0. The molecule has 1 fully saturated rings. The monoisotopic (exact) mass is 342 g/mol. The van der Waals surface area contributed by atoms with Crippen molar-refractivity contribution in [2.45, 2.75) is 18.3 Å². The number of rotatable bonds is 3. The molecule has 1 amide bonds. The van der Waals surface area contributed by atoms with Crippen molar-refractivity contribution in [2.24, 2.45) is 0 Å². The lowest BCUT2D eigenvalue weighted by atomic mass is 10.4. The van der Waals surface area contributed by atoms with Gasteiger partial charge in [0.05, 0.1) is 18.5 Å². The number of amides is 1. The Labute approximate surface area is 129 Å². The molecule has 1 unspecified atom stereocenters. The van der Waals surface area contributed by atoms with Crippen molar-refractivity contribution in [1.29, 1.82) is 0 Å². The first-order valence-electron chi connectivity index (χ1n) is 6.43. The third-order valence-corrected chi connectivity index (χ3v) is 4.48. The van der Waals surface area contributed by atoms with Gasteiger partial charge in [-0.3, -0.25) is 9.69 Å². The average Bonchev–Trinajstić information content (AvgIpc) is 2.89.